The van der Waals surface area contributed by atoms with Crippen LogP contribution in [0.15, 0.2) is 40.9 Å². The number of methoxy groups -OCH3 is 1. The minimum Gasteiger partial charge on any atom is -0.491 e. The van der Waals surface area contributed by atoms with Gasteiger partial charge in [-0.1, -0.05) is 28.1 Å². The average Bonchev–Trinajstić information content (AvgIpc) is 2.35. The maximum Gasteiger partial charge on any atom is 0.120 e. The van der Waals surface area contributed by atoms with E-state index in [9.17, 15) is 0 Å². The first kappa shape index (κ1) is 12.4. The molecular weight excluding hydrogens is 280 g/mol. The highest BCUT2D eigenvalue weighted by Crippen LogP contribution is 2.24. The first-order valence-electron chi connectivity index (χ1n) is 5.54. The van der Waals surface area contributed by atoms with Crippen molar-refractivity contribution >= 4 is 26.7 Å². The van der Waals surface area contributed by atoms with E-state index in [-0.39, 0.29) is 6.10 Å². The van der Waals surface area contributed by atoms with Gasteiger partial charge in [0.1, 0.15) is 12.4 Å². The Morgan fingerprint density at radius 1 is 1.12 bits per heavy atom. The Morgan fingerprint density at radius 2 is 1.82 bits per heavy atom. The first-order valence-corrected chi connectivity index (χ1v) is 6.33. The Bertz CT molecular complexity index is 511. The lowest BCUT2D eigenvalue weighted by molar-refractivity contribution is 0.0717. The van der Waals surface area contributed by atoms with Crippen LogP contribution in [0.2, 0.25) is 0 Å². The van der Waals surface area contributed by atoms with Crippen LogP contribution < -0.4 is 4.74 Å². The van der Waals surface area contributed by atoms with E-state index in [1.807, 2.05) is 25.1 Å². The second kappa shape index (κ2) is 5.52. The lowest BCUT2D eigenvalue weighted by Gasteiger charge is -2.11. The number of hydrogen-bond acceptors (Lipinski definition) is 2. The molecule has 0 aliphatic heterocycles. The summed E-state index contributed by atoms with van der Waals surface area (Å²) in [5.74, 6) is 0.878. The third-order valence-electron chi connectivity index (χ3n) is 2.66. The van der Waals surface area contributed by atoms with Gasteiger partial charge in [0.25, 0.3) is 0 Å². The van der Waals surface area contributed by atoms with Gasteiger partial charge in [0, 0.05) is 11.6 Å². The van der Waals surface area contributed by atoms with Gasteiger partial charge in [0.05, 0.1) is 6.10 Å². The van der Waals surface area contributed by atoms with Gasteiger partial charge in [0.15, 0.2) is 0 Å². The molecule has 0 aliphatic rings. The Hall–Kier alpha value is -1.06. The van der Waals surface area contributed by atoms with Crippen LogP contribution in [0.5, 0.6) is 5.75 Å². The van der Waals surface area contributed by atoms with E-state index in [1.54, 1.807) is 7.11 Å². The van der Waals surface area contributed by atoms with Gasteiger partial charge in [-0.25, -0.2) is 0 Å². The lowest BCUT2D eigenvalue weighted by atomic mass is 10.1. The minimum absolute atomic E-state index is 0.107. The molecule has 0 N–H and O–H groups in total. The number of benzene rings is 2. The summed E-state index contributed by atoms with van der Waals surface area (Å²) in [5, 5.41) is 2.38. The van der Waals surface area contributed by atoms with E-state index in [0.29, 0.717) is 6.61 Å². The van der Waals surface area contributed by atoms with Crippen LogP contribution in [-0.2, 0) is 4.74 Å². The number of rotatable bonds is 4. The summed E-state index contributed by atoms with van der Waals surface area (Å²) >= 11 is 3.46. The van der Waals surface area contributed by atoms with Gasteiger partial charge >= 0.3 is 0 Å². The minimum atomic E-state index is 0.107. The molecule has 0 saturated heterocycles. The van der Waals surface area contributed by atoms with Crippen molar-refractivity contribution in [1.29, 1.82) is 0 Å². The molecule has 3 heteroatoms. The Labute approximate surface area is 110 Å². The zero-order valence-electron chi connectivity index (χ0n) is 9.94. The topological polar surface area (TPSA) is 18.5 Å². The van der Waals surface area contributed by atoms with Crippen LogP contribution in [0.1, 0.15) is 6.92 Å². The van der Waals surface area contributed by atoms with E-state index in [0.717, 1.165) is 10.2 Å². The molecule has 90 valence electrons. The number of halogens is 1. The fourth-order valence-corrected chi connectivity index (χ4v) is 1.94. The van der Waals surface area contributed by atoms with Crippen LogP contribution >= 0.6 is 15.9 Å². The maximum absolute atomic E-state index is 5.66. The van der Waals surface area contributed by atoms with Gasteiger partial charge in [-0.2, -0.15) is 0 Å². The predicted molar refractivity (Wildman–Crippen MR) is 73.6 cm³/mol. The molecule has 0 bridgehead atoms. The van der Waals surface area contributed by atoms with Crippen LogP contribution in [0.3, 0.4) is 0 Å². The number of hydrogen-bond donors (Lipinski definition) is 0. The van der Waals surface area contributed by atoms with Crippen molar-refractivity contribution in [2.45, 2.75) is 13.0 Å². The van der Waals surface area contributed by atoms with Gasteiger partial charge < -0.3 is 9.47 Å². The maximum atomic E-state index is 5.66. The van der Waals surface area contributed by atoms with Crippen molar-refractivity contribution in [3.63, 3.8) is 0 Å². The van der Waals surface area contributed by atoms with Crippen molar-refractivity contribution in [1.82, 2.24) is 0 Å². The largest absolute Gasteiger partial charge is 0.491 e. The molecule has 0 amide bonds. The van der Waals surface area contributed by atoms with E-state index in [1.165, 1.54) is 10.8 Å². The first-order chi connectivity index (χ1) is 8.19. The molecule has 0 saturated carbocycles. The van der Waals surface area contributed by atoms with Crippen LogP contribution in [0.4, 0.5) is 0 Å². The summed E-state index contributed by atoms with van der Waals surface area (Å²) < 4.78 is 11.9. The fraction of sp³-hybridized carbons (Fsp3) is 0.286. The lowest BCUT2D eigenvalue weighted by Crippen LogP contribution is -2.15. The van der Waals surface area contributed by atoms with Gasteiger partial charge in [-0.3, -0.25) is 0 Å². The molecule has 0 radical (unpaired) electrons. The molecule has 0 spiro atoms. The summed E-state index contributed by atoms with van der Waals surface area (Å²) in [6, 6.07) is 12.3. The van der Waals surface area contributed by atoms with Crippen molar-refractivity contribution in [3.05, 3.63) is 40.9 Å². The molecule has 0 heterocycles. The summed E-state index contributed by atoms with van der Waals surface area (Å²) in [5.41, 5.74) is 0. The molecule has 0 aromatic heterocycles. The highest BCUT2D eigenvalue weighted by Gasteiger charge is 2.02. The molecule has 2 aromatic rings. The van der Waals surface area contributed by atoms with Crippen LogP contribution in [-0.4, -0.2) is 19.8 Å². The van der Waals surface area contributed by atoms with E-state index >= 15 is 0 Å². The van der Waals surface area contributed by atoms with Crippen molar-refractivity contribution in [2.75, 3.05) is 13.7 Å². The normalized spacial score (nSPS) is 12.6. The van der Waals surface area contributed by atoms with Crippen molar-refractivity contribution in [3.8, 4) is 5.75 Å². The molecule has 0 aliphatic carbocycles. The van der Waals surface area contributed by atoms with Crippen LogP contribution in [0.25, 0.3) is 10.8 Å². The average molecular weight is 295 g/mol. The van der Waals surface area contributed by atoms with Gasteiger partial charge in [-0.05, 0) is 42.0 Å². The highest BCUT2D eigenvalue weighted by molar-refractivity contribution is 9.10. The fourth-order valence-electron chi connectivity index (χ4n) is 1.57. The van der Waals surface area contributed by atoms with E-state index in [4.69, 9.17) is 9.47 Å². The molecule has 0 fully saturated rings. The summed E-state index contributed by atoms with van der Waals surface area (Å²) in [6.07, 6.45) is 0.107. The molecule has 2 aromatic carbocycles. The molecule has 1 atom stereocenters. The third kappa shape index (κ3) is 3.20. The molecule has 2 nitrogen and oxygen atoms in total. The Balaban J connectivity index is 2.17. The zero-order chi connectivity index (χ0) is 12.3. The molecule has 2 rings (SSSR count). The smallest absolute Gasteiger partial charge is 0.120 e. The second-order valence-electron chi connectivity index (χ2n) is 4.01. The Morgan fingerprint density at radius 3 is 2.59 bits per heavy atom. The van der Waals surface area contributed by atoms with Crippen molar-refractivity contribution < 1.29 is 9.47 Å². The number of ether oxygens (including phenoxy) is 2. The summed E-state index contributed by atoms with van der Waals surface area (Å²) in [7, 11) is 1.69. The number of fused-ring (bicyclic) bond motifs is 1. The Kier molecular flexibility index (Phi) is 4.02. The highest BCUT2D eigenvalue weighted by atomic mass is 79.9. The predicted octanol–water partition coefficient (Wildman–Crippen LogP) is 4.02. The van der Waals surface area contributed by atoms with Crippen molar-refractivity contribution in [2.24, 2.45) is 0 Å². The SMILES string of the molecule is COC(C)COc1ccc2cc(Br)ccc2c1. The second-order valence-corrected chi connectivity index (χ2v) is 4.93. The zero-order valence-corrected chi connectivity index (χ0v) is 11.5. The van der Waals surface area contributed by atoms with Crippen LogP contribution in [0, 0.1) is 0 Å². The quantitative estimate of drug-likeness (QED) is 0.848. The van der Waals surface area contributed by atoms with E-state index in [2.05, 4.69) is 34.1 Å². The van der Waals surface area contributed by atoms with Gasteiger partial charge in [-0.15, -0.1) is 0 Å². The third-order valence-corrected chi connectivity index (χ3v) is 3.15. The summed E-state index contributed by atoms with van der Waals surface area (Å²) in [6.45, 7) is 2.55. The monoisotopic (exact) mass is 294 g/mol. The molecular formula is C14H15BrO2. The summed E-state index contributed by atoms with van der Waals surface area (Å²) in [4.78, 5) is 0. The standard InChI is InChI=1S/C14H15BrO2/c1-10(16-2)9-17-14-6-4-11-7-13(15)5-3-12(11)8-14/h3-8,10H,9H2,1-2H3. The van der Waals surface area contributed by atoms with E-state index < -0.39 is 0 Å². The molecule has 1 unspecified atom stereocenters. The molecule has 17 heavy (non-hydrogen) atoms. The van der Waals surface area contributed by atoms with Gasteiger partial charge in [0.2, 0.25) is 0 Å².